The van der Waals surface area contributed by atoms with E-state index in [1.54, 1.807) is 49.5 Å². The Hall–Kier alpha value is -2.71. The highest BCUT2D eigenvalue weighted by atomic mass is 79.9. The molecule has 0 bridgehead atoms. The summed E-state index contributed by atoms with van der Waals surface area (Å²) in [6, 6.07) is 18.4. The third kappa shape index (κ3) is 5.42. The van der Waals surface area contributed by atoms with Gasteiger partial charge in [-0.25, -0.2) is 12.8 Å². The molecule has 1 N–H and O–H groups in total. The van der Waals surface area contributed by atoms with E-state index < -0.39 is 10.0 Å². The van der Waals surface area contributed by atoms with Crippen molar-refractivity contribution in [1.82, 2.24) is 4.90 Å². The van der Waals surface area contributed by atoms with Gasteiger partial charge in [-0.05, 0) is 60.2 Å². The Labute approximate surface area is 177 Å². The Balaban J connectivity index is 1.77. The molecule has 0 aliphatic rings. The number of carbonyl (C=O) groups is 1. The first-order valence-electron chi connectivity index (χ1n) is 8.63. The van der Waals surface area contributed by atoms with Crippen LogP contribution in [0.3, 0.4) is 0 Å². The number of nitrogens with zero attached hydrogens (tertiary/aromatic N) is 1. The smallest absolute Gasteiger partial charge is 0.261 e. The molecule has 0 atom stereocenters. The minimum atomic E-state index is -3.85. The van der Waals surface area contributed by atoms with Crippen molar-refractivity contribution in [2.75, 3.05) is 11.8 Å². The van der Waals surface area contributed by atoms with Crippen LogP contribution in [0.5, 0.6) is 0 Å². The lowest BCUT2D eigenvalue weighted by Gasteiger charge is -2.18. The Kier molecular flexibility index (Phi) is 6.34. The van der Waals surface area contributed by atoms with Gasteiger partial charge in [0.05, 0.1) is 4.90 Å². The van der Waals surface area contributed by atoms with Crippen LogP contribution >= 0.6 is 15.9 Å². The first-order chi connectivity index (χ1) is 13.7. The second kappa shape index (κ2) is 8.75. The van der Waals surface area contributed by atoms with Gasteiger partial charge in [0.1, 0.15) is 5.82 Å². The van der Waals surface area contributed by atoms with Crippen LogP contribution in [0.4, 0.5) is 10.1 Å². The summed E-state index contributed by atoms with van der Waals surface area (Å²) in [4.78, 5) is 14.2. The zero-order chi connectivity index (χ0) is 21.0. The molecule has 3 aromatic carbocycles. The van der Waals surface area contributed by atoms with Gasteiger partial charge in [0.25, 0.3) is 15.9 Å². The number of amides is 1. The average Bonchev–Trinajstić information content (AvgIpc) is 2.71. The van der Waals surface area contributed by atoms with E-state index in [2.05, 4.69) is 20.7 Å². The second-order valence-corrected chi connectivity index (χ2v) is 9.03. The highest BCUT2D eigenvalue weighted by Crippen LogP contribution is 2.20. The predicted molar refractivity (Wildman–Crippen MR) is 114 cm³/mol. The number of carbonyl (C=O) groups excluding carboxylic acids is 1. The van der Waals surface area contributed by atoms with E-state index in [0.717, 1.165) is 10.0 Å². The standard InChI is InChI=1S/C21H18BrFN2O3S/c1-25(14-15-5-9-18(23)10-6-15)21(26)16-3-2-4-20(13-16)29(27,28)24-19-11-7-17(22)8-12-19/h2-13,24H,14H2,1H3. The minimum absolute atomic E-state index is 0.0125. The third-order valence-corrected chi connectivity index (χ3v) is 6.08. The van der Waals surface area contributed by atoms with Crippen LogP contribution in [0, 0.1) is 5.82 Å². The Morgan fingerprint density at radius 1 is 1.03 bits per heavy atom. The Morgan fingerprint density at radius 3 is 2.34 bits per heavy atom. The summed E-state index contributed by atoms with van der Waals surface area (Å²) < 4.78 is 41.7. The van der Waals surface area contributed by atoms with E-state index in [9.17, 15) is 17.6 Å². The maximum absolute atomic E-state index is 13.0. The molecule has 3 aromatic rings. The summed E-state index contributed by atoms with van der Waals surface area (Å²) in [6.07, 6.45) is 0. The van der Waals surface area contributed by atoms with Gasteiger partial charge in [-0.3, -0.25) is 9.52 Å². The summed E-state index contributed by atoms with van der Waals surface area (Å²) in [5.41, 5.74) is 1.43. The van der Waals surface area contributed by atoms with Gasteiger partial charge in [-0.2, -0.15) is 0 Å². The molecule has 0 fully saturated rings. The van der Waals surface area contributed by atoms with E-state index in [1.807, 2.05) is 0 Å². The number of sulfonamides is 1. The maximum Gasteiger partial charge on any atom is 0.261 e. The maximum atomic E-state index is 13.0. The lowest BCUT2D eigenvalue weighted by atomic mass is 10.1. The van der Waals surface area contributed by atoms with Crippen molar-refractivity contribution in [3.8, 4) is 0 Å². The zero-order valence-corrected chi connectivity index (χ0v) is 17.9. The van der Waals surface area contributed by atoms with Crippen molar-refractivity contribution in [1.29, 1.82) is 0 Å². The molecule has 0 aliphatic heterocycles. The van der Waals surface area contributed by atoms with Crippen LogP contribution in [0.25, 0.3) is 0 Å². The topological polar surface area (TPSA) is 66.5 Å². The normalized spacial score (nSPS) is 11.1. The number of hydrogen-bond donors (Lipinski definition) is 1. The summed E-state index contributed by atoms with van der Waals surface area (Å²) in [6.45, 7) is 0.271. The summed E-state index contributed by atoms with van der Waals surface area (Å²) in [5, 5.41) is 0. The van der Waals surface area contributed by atoms with Crippen LogP contribution in [-0.2, 0) is 16.6 Å². The van der Waals surface area contributed by atoms with Crippen LogP contribution < -0.4 is 4.72 Å². The molecule has 0 saturated carbocycles. The van der Waals surface area contributed by atoms with Gasteiger partial charge < -0.3 is 4.90 Å². The van der Waals surface area contributed by atoms with Crippen LogP contribution in [0.1, 0.15) is 15.9 Å². The second-order valence-electron chi connectivity index (χ2n) is 6.43. The molecule has 0 aromatic heterocycles. The van der Waals surface area contributed by atoms with Gasteiger partial charge in [0.15, 0.2) is 0 Å². The van der Waals surface area contributed by atoms with E-state index in [1.165, 1.54) is 35.2 Å². The Morgan fingerprint density at radius 2 is 1.69 bits per heavy atom. The van der Waals surface area contributed by atoms with Crippen LogP contribution in [-0.4, -0.2) is 26.3 Å². The lowest BCUT2D eigenvalue weighted by molar-refractivity contribution is 0.0785. The molecule has 1 amide bonds. The first kappa shape index (κ1) is 21.0. The molecule has 0 saturated heterocycles. The molecule has 0 radical (unpaired) electrons. The SMILES string of the molecule is CN(Cc1ccc(F)cc1)C(=O)c1cccc(S(=O)(=O)Nc2ccc(Br)cc2)c1. The van der Waals surface area contributed by atoms with E-state index in [0.29, 0.717) is 5.69 Å². The number of benzene rings is 3. The Bertz CT molecular complexity index is 1120. The van der Waals surface area contributed by atoms with Gasteiger partial charge in [-0.15, -0.1) is 0 Å². The number of nitrogens with one attached hydrogen (secondary N) is 1. The number of anilines is 1. The monoisotopic (exact) mass is 476 g/mol. The van der Waals surface area contributed by atoms with E-state index >= 15 is 0 Å². The van der Waals surface area contributed by atoms with Crippen LogP contribution in [0.2, 0.25) is 0 Å². The summed E-state index contributed by atoms with van der Waals surface area (Å²) in [7, 11) is -2.25. The summed E-state index contributed by atoms with van der Waals surface area (Å²) >= 11 is 3.30. The zero-order valence-electron chi connectivity index (χ0n) is 15.5. The highest BCUT2D eigenvalue weighted by Gasteiger charge is 2.18. The molecule has 0 unspecified atom stereocenters. The molecule has 3 rings (SSSR count). The molecule has 5 nitrogen and oxygen atoms in total. The molecule has 0 spiro atoms. The van der Waals surface area contributed by atoms with E-state index in [4.69, 9.17) is 0 Å². The molecule has 8 heteroatoms. The van der Waals surface area contributed by atoms with Crippen molar-refractivity contribution >= 4 is 37.5 Å². The number of halogens is 2. The fourth-order valence-electron chi connectivity index (χ4n) is 2.68. The fraction of sp³-hybridized carbons (Fsp3) is 0.0952. The van der Waals surface area contributed by atoms with Crippen molar-refractivity contribution in [3.63, 3.8) is 0 Å². The molecule has 0 heterocycles. The minimum Gasteiger partial charge on any atom is -0.337 e. The van der Waals surface area contributed by atoms with Crippen molar-refractivity contribution in [2.45, 2.75) is 11.4 Å². The van der Waals surface area contributed by atoms with Gasteiger partial charge in [0.2, 0.25) is 0 Å². The number of hydrogen-bond acceptors (Lipinski definition) is 3. The molecule has 150 valence electrons. The quantitative estimate of drug-likeness (QED) is 0.562. The fourth-order valence-corrected chi connectivity index (χ4v) is 4.05. The highest BCUT2D eigenvalue weighted by molar-refractivity contribution is 9.10. The average molecular weight is 477 g/mol. The number of rotatable bonds is 6. The van der Waals surface area contributed by atoms with E-state index in [-0.39, 0.29) is 28.7 Å². The van der Waals surface area contributed by atoms with Gasteiger partial charge in [0, 0.05) is 29.3 Å². The summed E-state index contributed by atoms with van der Waals surface area (Å²) in [5.74, 6) is -0.686. The van der Waals surface area contributed by atoms with Crippen LogP contribution in [0.15, 0.2) is 82.2 Å². The third-order valence-electron chi connectivity index (χ3n) is 4.17. The molecular weight excluding hydrogens is 459 g/mol. The molecular formula is C21H18BrFN2O3S. The van der Waals surface area contributed by atoms with Crippen molar-refractivity contribution in [3.05, 3.63) is 94.2 Å². The van der Waals surface area contributed by atoms with Crippen molar-refractivity contribution in [2.24, 2.45) is 0 Å². The first-order valence-corrected chi connectivity index (χ1v) is 10.9. The van der Waals surface area contributed by atoms with Gasteiger partial charge >= 0.3 is 0 Å². The molecule has 0 aliphatic carbocycles. The van der Waals surface area contributed by atoms with Crippen molar-refractivity contribution < 1.29 is 17.6 Å². The lowest BCUT2D eigenvalue weighted by Crippen LogP contribution is -2.26. The largest absolute Gasteiger partial charge is 0.337 e. The molecule has 29 heavy (non-hydrogen) atoms. The van der Waals surface area contributed by atoms with Gasteiger partial charge in [-0.1, -0.05) is 34.1 Å². The predicted octanol–water partition coefficient (Wildman–Crippen LogP) is 4.66.